The zero-order valence-electron chi connectivity index (χ0n) is 12.0. The van der Waals surface area contributed by atoms with E-state index in [2.05, 4.69) is 5.32 Å². The first kappa shape index (κ1) is 14.8. The lowest BCUT2D eigenvalue weighted by atomic mass is 10.1. The maximum absolute atomic E-state index is 12.2. The van der Waals surface area contributed by atoms with Gasteiger partial charge in [0, 0.05) is 6.42 Å². The van der Waals surface area contributed by atoms with Crippen molar-refractivity contribution in [2.24, 2.45) is 0 Å². The van der Waals surface area contributed by atoms with E-state index in [4.69, 9.17) is 13.9 Å². The monoisotopic (exact) mass is 315 g/mol. The molecule has 7 nitrogen and oxygen atoms in total. The van der Waals surface area contributed by atoms with Crippen LogP contribution in [0.4, 0.5) is 5.69 Å². The highest BCUT2D eigenvalue weighted by Gasteiger charge is 2.31. The van der Waals surface area contributed by atoms with Crippen LogP contribution in [-0.4, -0.2) is 30.6 Å². The van der Waals surface area contributed by atoms with Crippen LogP contribution in [0.25, 0.3) is 0 Å². The van der Waals surface area contributed by atoms with Gasteiger partial charge in [-0.2, -0.15) is 0 Å². The van der Waals surface area contributed by atoms with Crippen molar-refractivity contribution in [1.82, 2.24) is 0 Å². The first-order valence-electron chi connectivity index (χ1n) is 6.96. The fourth-order valence-electron chi connectivity index (χ4n) is 2.14. The number of nitrogens with one attached hydrogen (secondary N) is 1. The predicted octanol–water partition coefficient (Wildman–Crippen LogP) is 2.00. The van der Waals surface area contributed by atoms with E-state index in [1.54, 1.807) is 24.3 Å². The van der Waals surface area contributed by atoms with E-state index < -0.39 is 23.9 Å². The molecule has 23 heavy (non-hydrogen) atoms. The van der Waals surface area contributed by atoms with Gasteiger partial charge in [0.2, 0.25) is 6.10 Å². The summed E-state index contributed by atoms with van der Waals surface area (Å²) >= 11 is 0. The first-order valence-corrected chi connectivity index (χ1v) is 6.96. The van der Waals surface area contributed by atoms with Crippen molar-refractivity contribution in [1.29, 1.82) is 0 Å². The second-order valence-electron chi connectivity index (χ2n) is 4.83. The van der Waals surface area contributed by atoms with Crippen LogP contribution in [0.15, 0.2) is 47.1 Å². The Kier molecular flexibility index (Phi) is 4.09. The third-order valence-electron chi connectivity index (χ3n) is 3.28. The van der Waals surface area contributed by atoms with E-state index in [1.807, 2.05) is 0 Å². The first-order chi connectivity index (χ1) is 11.1. The zero-order valence-corrected chi connectivity index (χ0v) is 12.0. The quantitative estimate of drug-likeness (QED) is 0.867. The Morgan fingerprint density at radius 3 is 2.70 bits per heavy atom. The fraction of sp³-hybridized carbons (Fsp3) is 0.188. The standard InChI is InChI=1S/C16H13NO6/c18-14(12-6-3-8-21-12)17-11-5-2-1-4-10(11)15(19)23-13-7-9-22-16(13)20/h1-6,8,13H,7,9H2,(H,17,18)/t13-/m0/s1. The Hall–Kier alpha value is -3.09. The Morgan fingerprint density at radius 2 is 2.00 bits per heavy atom. The van der Waals surface area contributed by atoms with E-state index >= 15 is 0 Å². The molecule has 1 aromatic heterocycles. The Bertz CT molecular complexity index is 737. The molecule has 0 saturated carbocycles. The summed E-state index contributed by atoms with van der Waals surface area (Å²) < 4.78 is 14.9. The SMILES string of the molecule is O=C(Nc1ccccc1C(=O)O[C@H]1CCOC1=O)c1ccco1. The largest absolute Gasteiger partial charge is 0.463 e. The minimum absolute atomic E-state index is 0.118. The summed E-state index contributed by atoms with van der Waals surface area (Å²) in [6, 6.07) is 9.45. The highest BCUT2D eigenvalue weighted by molar-refractivity contribution is 6.06. The van der Waals surface area contributed by atoms with Crippen molar-refractivity contribution in [3.8, 4) is 0 Å². The van der Waals surface area contributed by atoms with E-state index in [9.17, 15) is 14.4 Å². The molecule has 1 amide bonds. The number of hydrogen-bond acceptors (Lipinski definition) is 6. The fourth-order valence-corrected chi connectivity index (χ4v) is 2.14. The minimum Gasteiger partial charge on any atom is -0.463 e. The lowest BCUT2D eigenvalue weighted by Gasteiger charge is -2.12. The maximum atomic E-state index is 12.2. The molecule has 0 radical (unpaired) electrons. The van der Waals surface area contributed by atoms with Gasteiger partial charge < -0.3 is 19.2 Å². The molecule has 118 valence electrons. The van der Waals surface area contributed by atoms with Gasteiger partial charge in [-0.25, -0.2) is 9.59 Å². The molecule has 1 atom stereocenters. The van der Waals surface area contributed by atoms with Gasteiger partial charge in [0.15, 0.2) is 5.76 Å². The van der Waals surface area contributed by atoms with Gasteiger partial charge in [0.25, 0.3) is 5.91 Å². The maximum Gasteiger partial charge on any atom is 0.347 e. The molecule has 1 aromatic carbocycles. The normalized spacial score (nSPS) is 16.7. The minimum atomic E-state index is -0.906. The number of carbonyl (C=O) groups excluding carboxylic acids is 3. The molecule has 1 saturated heterocycles. The lowest BCUT2D eigenvalue weighted by Crippen LogP contribution is -2.23. The van der Waals surface area contributed by atoms with Gasteiger partial charge in [-0.1, -0.05) is 12.1 Å². The summed E-state index contributed by atoms with van der Waals surface area (Å²) in [5.74, 6) is -1.64. The van der Waals surface area contributed by atoms with E-state index in [1.165, 1.54) is 18.4 Å². The van der Waals surface area contributed by atoms with Gasteiger partial charge >= 0.3 is 11.9 Å². The molecule has 1 fully saturated rings. The molecule has 7 heteroatoms. The van der Waals surface area contributed by atoms with Gasteiger partial charge in [-0.05, 0) is 24.3 Å². The molecule has 0 bridgehead atoms. The number of amides is 1. The summed E-state index contributed by atoms with van der Waals surface area (Å²) in [5, 5.41) is 2.58. The molecule has 0 aliphatic carbocycles. The van der Waals surface area contributed by atoms with Crippen LogP contribution in [-0.2, 0) is 14.3 Å². The molecule has 1 N–H and O–H groups in total. The Morgan fingerprint density at radius 1 is 1.17 bits per heavy atom. The average molecular weight is 315 g/mol. The number of esters is 2. The van der Waals surface area contributed by atoms with Crippen LogP contribution in [0.3, 0.4) is 0 Å². The number of para-hydroxylation sites is 1. The van der Waals surface area contributed by atoms with Crippen LogP contribution in [0, 0.1) is 0 Å². The Balaban J connectivity index is 1.76. The molecule has 1 aliphatic heterocycles. The van der Waals surface area contributed by atoms with Crippen molar-refractivity contribution in [2.45, 2.75) is 12.5 Å². The summed E-state index contributed by atoms with van der Waals surface area (Å²) in [6.07, 6.45) is 0.795. The molecule has 1 aliphatic rings. The van der Waals surface area contributed by atoms with Crippen molar-refractivity contribution < 1.29 is 28.3 Å². The number of anilines is 1. The van der Waals surface area contributed by atoms with Crippen LogP contribution in [0.5, 0.6) is 0 Å². The average Bonchev–Trinajstić information content (AvgIpc) is 3.20. The number of benzene rings is 1. The molecule has 2 aromatic rings. The van der Waals surface area contributed by atoms with E-state index in [-0.39, 0.29) is 23.6 Å². The summed E-state index contributed by atoms with van der Waals surface area (Å²) in [5.41, 5.74) is 0.414. The van der Waals surface area contributed by atoms with Gasteiger partial charge in [-0.15, -0.1) is 0 Å². The highest BCUT2D eigenvalue weighted by Crippen LogP contribution is 2.20. The number of furan rings is 1. The topological polar surface area (TPSA) is 94.8 Å². The molecule has 2 heterocycles. The van der Waals surface area contributed by atoms with Crippen LogP contribution < -0.4 is 5.32 Å². The predicted molar refractivity (Wildman–Crippen MR) is 77.9 cm³/mol. The van der Waals surface area contributed by atoms with Gasteiger partial charge in [-0.3, -0.25) is 4.79 Å². The molecular formula is C16H13NO6. The van der Waals surface area contributed by atoms with Crippen molar-refractivity contribution in [3.63, 3.8) is 0 Å². The molecule has 0 spiro atoms. The molecule has 0 unspecified atom stereocenters. The summed E-state index contributed by atoms with van der Waals surface area (Å²) in [7, 11) is 0. The summed E-state index contributed by atoms with van der Waals surface area (Å²) in [6.45, 7) is 0.230. The second kappa shape index (κ2) is 6.35. The number of carbonyl (C=O) groups is 3. The van der Waals surface area contributed by atoms with E-state index in [0.717, 1.165) is 0 Å². The van der Waals surface area contributed by atoms with Crippen molar-refractivity contribution in [2.75, 3.05) is 11.9 Å². The van der Waals surface area contributed by atoms with Crippen LogP contribution in [0.2, 0.25) is 0 Å². The molecular weight excluding hydrogens is 302 g/mol. The number of hydrogen-bond donors (Lipinski definition) is 1. The summed E-state index contributed by atoms with van der Waals surface area (Å²) in [4.78, 5) is 35.6. The highest BCUT2D eigenvalue weighted by atomic mass is 16.6. The van der Waals surface area contributed by atoms with Crippen LogP contribution >= 0.6 is 0 Å². The number of ether oxygens (including phenoxy) is 2. The zero-order chi connectivity index (χ0) is 16.2. The lowest BCUT2D eigenvalue weighted by molar-refractivity contribution is -0.145. The number of cyclic esters (lactones) is 1. The Labute approximate surface area is 131 Å². The van der Waals surface area contributed by atoms with Crippen molar-refractivity contribution >= 4 is 23.5 Å². The molecule has 3 rings (SSSR count). The van der Waals surface area contributed by atoms with Gasteiger partial charge in [0.1, 0.15) is 0 Å². The third kappa shape index (κ3) is 3.23. The van der Waals surface area contributed by atoms with E-state index in [0.29, 0.717) is 6.42 Å². The van der Waals surface area contributed by atoms with Crippen molar-refractivity contribution in [3.05, 3.63) is 54.0 Å². The number of rotatable bonds is 4. The van der Waals surface area contributed by atoms with Crippen LogP contribution in [0.1, 0.15) is 27.3 Å². The smallest absolute Gasteiger partial charge is 0.347 e. The third-order valence-corrected chi connectivity index (χ3v) is 3.28. The van der Waals surface area contributed by atoms with Gasteiger partial charge in [0.05, 0.1) is 24.1 Å². The second-order valence-corrected chi connectivity index (χ2v) is 4.83.